The van der Waals surface area contributed by atoms with Crippen molar-refractivity contribution < 1.29 is 19.7 Å². The number of aliphatic carboxylic acids is 1. The number of hydrogen-bond acceptors (Lipinski definition) is 6. The summed E-state index contributed by atoms with van der Waals surface area (Å²) in [6.45, 7) is 6.10. The van der Waals surface area contributed by atoms with Crippen LogP contribution in [0.25, 0.3) is 22.4 Å². The van der Waals surface area contributed by atoms with Crippen molar-refractivity contribution in [1.82, 2.24) is 19.4 Å². The van der Waals surface area contributed by atoms with Crippen molar-refractivity contribution in [3.8, 4) is 11.4 Å². The minimum absolute atomic E-state index is 0.0446. The molecule has 0 aliphatic carbocycles. The molecule has 3 rings (SSSR count). The highest BCUT2D eigenvalue weighted by molar-refractivity contribution is 5.81. The van der Waals surface area contributed by atoms with Crippen LogP contribution in [0.15, 0.2) is 35.3 Å². The molecule has 3 N–H and O–H groups in total. The third kappa shape index (κ3) is 5.16. The molecule has 3 atom stereocenters. The number of rotatable bonds is 10. The molecule has 2 heterocycles. The number of benzene rings is 1. The average molecular weight is 457 g/mol. The fourth-order valence-corrected chi connectivity index (χ4v) is 4.09. The first-order chi connectivity index (χ1) is 15.7. The van der Waals surface area contributed by atoms with Gasteiger partial charge in [0.05, 0.1) is 29.8 Å². The lowest BCUT2D eigenvalue weighted by Crippen LogP contribution is -2.44. The number of fused-ring (bicyclic) bond motifs is 1. The first-order valence-corrected chi connectivity index (χ1v) is 11.0. The molecule has 0 bridgehead atoms. The Kier molecular flexibility index (Phi) is 7.68. The molecule has 0 aliphatic rings. The molecule has 0 amide bonds. The molecular weight excluding hydrogens is 424 g/mol. The summed E-state index contributed by atoms with van der Waals surface area (Å²) in [6, 6.07) is 6.63. The van der Waals surface area contributed by atoms with E-state index in [1.54, 1.807) is 31.8 Å². The van der Waals surface area contributed by atoms with E-state index in [9.17, 15) is 19.8 Å². The second kappa shape index (κ2) is 10.3. The van der Waals surface area contributed by atoms with Crippen LogP contribution in [0, 0.1) is 6.92 Å². The highest BCUT2D eigenvalue weighted by Crippen LogP contribution is 2.30. The number of aliphatic hydroxyl groups excluding tert-OH is 1. The molecule has 3 aromatic rings. The number of imidazole rings is 1. The van der Waals surface area contributed by atoms with E-state index in [2.05, 4.69) is 16.8 Å². The van der Waals surface area contributed by atoms with E-state index in [0.717, 1.165) is 34.4 Å². The van der Waals surface area contributed by atoms with Crippen LogP contribution in [-0.2, 0) is 23.1 Å². The van der Waals surface area contributed by atoms with E-state index >= 15 is 0 Å². The van der Waals surface area contributed by atoms with E-state index in [4.69, 9.17) is 9.72 Å². The first kappa shape index (κ1) is 24.6. The van der Waals surface area contributed by atoms with Crippen LogP contribution < -0.4 is 10.9 Å². The van der Waals surface area contributed by atoms with E-state index < -0.39 is 18.1 Å². The van der Waals surface area contributed by atoms with Gasteiger partial charge >= 0.3 is 5.97 Å². The molecule has 0 spiro atoms. The Morgan fingerprint density at radius 3 is 2.61 bits per heavy atom. The number of carboxylic acid groups (broad SMARTS) is 1. The van der Waals surface area contributed by atoms with Crippen LogP contribution in [0.5, 0.6) is 0 Å². The Morgan fingerprint density at radius 1 is 1.30 bits per heavy atom. The number of carbonyl (C=O) groups is 1. The highest BCUT2D eigenvalue weighted by atomic mass is 16.5. The number of carboxylic acids is 1. The summed E-state index contributed by atoms with van der Waals surface area (Å²) < 4.78 is 9.17. The van der Waals surface area contributed by atoms with Crippen molar-refractivity contribution in [2.24, 2.45) is 7.05 Å². The summed E-state index contributed by atoms with van der Waals surface area (Å²) in [5, 5.41) is 21.9. The number of aromatic nitrogens is 3. The monoisotopic (exact) mass is 456 g/mol. The van der Waals surface area contributed by atoms with Crippen LogP contribution in [0.1, 0.15) is 37.4 Å². The van der Waals surface area contributed by atoms with Crippen LogP contribution in [-0.4, -0.2) is 56.2 Å². The lowest BCUT2D eigenvalue weighted by atomic mass is 10.1. The minimum atomic E-state index is -1.10. The van der Waals surface area contributed by atoms with Gasteiger partial charge in [-0.15, -0.1) is 0 Å². The maximum atomic E-state index is 12.2. The lowest BCUT2D eigenvalue weighted by molar-refractivity contribution is -0.142. The van der Waals surface area contributed by atoms with Crippen molar-refractivity contribution in [1.29, 1.82) is 0 Å². The number of aliphatic hydroxyl groups is 1. The van der Waals surface area contributed by atoms with Crippen molar-refractivity contribution in [2.75, 3.05) is 13.7 Å². The van der Waals surface area contributed by atoms with Gasteiger partial charge in [0.15, 0.2) is 0 Å². The van der Waals surface area contributed by atoms with Gasteiger partial charge in [-0.1, -0.05) is 13.0 Å². The maximum Gasteiger partial charge on any atom is 0.323 e. The Hall–Kier alpha value is -3.01. The van der Waals surface area contributed by atoms with Crippen LogP contribution >= 0.6 is 0 Å². The minimum Gasteiger partial charge on any atom is -0.480 e. The maximum absolute atomic E-state index is 12.2. The van der Waals surface area contributed by atoms with Gasteiger partial charge < -0.3 is 24.1 Å². The number of nitrogens with one attached hydrogen (secondary N) is 1. The molecule has 0 fully saturated rings. The molecule has 178 valence electrons. The summed E-state index contributed by atoms with van der Waals surface area (Å²) in [4.78, 5) is 28.5. The second-order valence-electron chi connectivity index (χ2n) is 8.41. The molecule has 0 saturated carbocycles. The predicted molar refractivity (Wildman–Crippen MR) is 126 cm³/mol. The van der Waals surface area contributed by atoms with E-state index in [1.165, 1.54) is 6.92 Å². The third-order valence-electron chi connectivity index (χ3n) is 5.84. The molecule has 0 saturated heterocycles. The predicted octanol–water partition coefficient (Wildman–Crippen LogP) is 2.23. The number of pyridine rings is 1. The SMILES string of the molecule is CCC(COC)n1c(-c2cc(C)c(=O)n(C)c2)nc2cc(CNC(C(=O)O)C(C)O)ccc21. The number of aryl methyl sites for hydroxylation is 2. The molecule has 1 aromatic carbocycles. The van der Waals surface area contributed by atoms with Gasteiger partial charge in [0, 0.05) is 38.0 Å². The normalized spacial score (nSPS) is 14.4. The van der Waals surface area contributed by atoms with E-state index in [-0.39, 0.29) is 18.1 Å². The zero-order chi connectivity index (χ0) is 24.3. The molecular formula is C24H32N4O5. The number of ether oxygens (including phenoxy) is 1. The zero-order valence-corrected chi connectivity index (χ0v) is 19.7. The van der Waals surface area contributed by atoms with Gasteiger partial charge in [-0.3, -0.25) is 14.9 Å². The smallest absolute Gasteiger partial charge is 0.323 e. The van der Waals surface area contributed by atoms with Crippen molar-refractivity contribution in [2.45, 2.75) is 51.9 Å². The summed E-state index contributed by atoms with van der Waals surface area (Å²) >= 11 is 0. The number of nitrogens with zero attached hydrogens (tertiary/aromatic N) is 3. The van der Waals surface area contributed by atoms with Gasteiger partial charge in [0.1, 0.15) is 11.9 Å². The Labute approximate surface area is 192 Å². The lowest BCUT2D eigenvalue weighted by Gasteiger charge is -2.20. The molecule has 2 aromatic heterocycles. The fraction of sp³-hybridized carbons (Fsp3) is 0.458. The number of methoxy groups -OCH3 is 1. The Balaban J connectivity index is 2.10. The second-order valence-corrected chi connectivity index (χ2v) is 8.41. The van der Waals surface area contributed by atoms with Crippen LogP contribution in [0.2, 0.25) is 0 Å². The fourth-order valence-electron chi connectivity index (χ4n) is 4.09. The van der Waals surface area contributed by atoms with Crippen molar-refractivity contribution in [3.05, 3.63) is 51.9 Å². The quantitative estimate of drug-likeness (QED) is 0.428. The largest absolute Gasteiger partial charge is 0.480 e. The van der Waals surface area contributed by atoms with E-state index in [0.29, 0.717) is 12.2 Å². The van der Waals surface area contributed by atoms with Gasteiger partial charge in [0.2, 0.25) is 0 Å². The molecule has 9 heteroatoms. The molecule has 0 radical (unpaired) electrons. The van der Waals surface area contributed by atoms with Gasteiger partial charge in [-0.25, -0.2) is 4.98 Å². The summed E-state index contributed by atoms with van der Waals surface area (Å²) in [5.41, 5.74) is 3.95. The average Bonchev–Trinajstić information content (AvgIpc) is 3.13. The van der Waals surface area contributed by atoms with Gasteiger partial charge in [-0.2, -0.15) is 0 Å². The molecule has 3 unspecified atom stereocenters. The summed E-state index contributed by atoms with van der Waals surface area (Å²) in [5.74, 6) is -0.363. The molecule has 33 heavy (non-hydrogen) atoms. The first-order valence-electron chi connectivity index (χ1n) is 11.0. The van der Waals surface area contributed by atoms with Crippen molar-refractivity contribution in [3.63, 3.8) is 0 Å². The standard InChI is InChI=1S/C24H32N4O5/c1-6-18(13-33-5)28-20-8-7-16(11-25-21(15(3)29)24(31)32)10-19(20)26-22(28)17-9-14(2)23(30)27(4)12-17/h7-10,12,15,18,21,25,29H,6,11,13H2,1-5H3,(H,31,32). The Bertz CT molecular complexity index is 1170. The highest BCUT2D eigenvalue weighted by Gasteiger charge is 2.23. The molecule has 9 nitrogen and oxygen atoms in total. The number of hydrogen-bond donors (Lipinski definition) is 3. The van der Waals surface area contributed by atoms with Crippen LogP contribution in [0.3, 0.4) is 0 Å². The third-order valence-corrected chi connectivity index (χ3v) is 5.84. The van der Waals surface area contributed by atoms with Gasteiger partial charge in [0.25, 0.3) is 5.56 Å². The topological polar surface area (TPSA) is 119 Å². The zero-order valence-electron chi connectivity index (χ0n) is 19.7. The van der Waals surface area contributed by atoms with E-state index in [1.807, 2.05) is 24.3 Å². The summed E-state index contributed by atoms with van der Waals surface area (Å²) in [6.07, 6.45) is 1.59. The Morgan fingerprint density at radius 2 is 2.03 bits per heavy atom. The van der Waals surface area contributed by atoms with Crippen LogP contribution in [0.4, 0.5) is 0 Å². The molecule has 0 aliphatic heterocycles. The van der Waals surface area contributed by atoms with Crippen molar-refractivity contribution >= 4 is 17.0 Å². The summed E-state index contributed by atoms with van der Waals surface area (Å²) in [7, 11) is 3.39. The van der Waals surface area contributed by atoms with Gasteiger partial charge in [-0.05, 0) is 44.0 Å².